The third-order valence-corrected chi connectivity index (χ3v) is 0.984. The van der Waals surface area contributed by atoms with Crippen molar-refractivity contribution in [3.8, 4) is 0 Å². The number of nitrogens with one attached hydrogen (secondary N) is 1. The van der Waals surface area contributed by atoms with Crippen molar-refractivity contribution in [1.29, 1.82) is 0 Å². The van der Waals surface area contributed by atoms with Gasteiger partial charge in [0.15, 0.2) is 0 Å². The number of hydrogen-bond acceptors (Lipinski definition) is 3. The van der Waals surface area contributed by atoms with Crippen LogP contribution in [0.4, 0.5) is 0 Å². The van der Waals surface area contributed by atoms with Crippen LogP contribution in [-0.2, 0) is 0 Å². The molecule has 1 rings (SSSR count). The quantitative estimate of drug-likeness (QED) is 0.476. The van der Waals surface area contributed by atoms with Crippen molar-refractivity contribution < 1.29 is 4.79 Å². The molecule has 10 heavy (non-hydrogen) atoms. The molecule has 1 heterocycles. The zero-order valence-corrected chi connectivity index (χ0v) is 5.68. The van der Waals surface area contributed by atoms with E-state index in [2.05, 4.69) is 27.4 Å². The summed E-state index contributed by atoms with van der Waals surface area (Å²) in [5, 5.41) is 8.01. The van der Waals surface area contributed by atoms with Gasteiger partial charge in [-0.3, -0.25) is 9.89 Å². The van der Waals surface area contributed by atoms with Crippen molar-refractivity contribution in [2.75, 3.05) is 0 Å². The molecular formula is C5H3N3OS. The number of amides is 1. The molecule has 0 fully saturated rings. The van der Waals surface area contributed by atoms with Crippen LogP contribution in [-0.4, -0.2) is 21.3 Å². The summed E-state index contributed by atoms with van der Waals surface area (Å²) in [4.78, 5) is 14.0. The Bertz CT molecular complexity index is 273. The molecule has 1 amide bonds. The maximum absolute atomic E-state index is 10.7. The highest BCUT2D eigenvalue weighted by atomic mass is 32.1. The highest BCUT2D eigenvalue weighted by Gasteiger charge is 2.01. The minimum atomic E-state index is -0.427. The smallest absolute Gasteiger partial charge is 0.285 e. The van der Waals surface area contributed by atoms with E-state index in [0.29, 0.717) is 5.56 Å². The van der Waals surface area contributed by atoms with Gasteiger partial charge in [0.05, 0.1) is 16.9 Å². The van der Waals surface area contributed by atoms with Gasteiger partial charge in [-0.15, -0.1) is 0 Å². The van der Waals surface area contributed by atoms with E-state index in [9.17, 15) is 4.79 Å². The van der Waals surface area contributed by atoms with Gasteiger partial charge in [-0.2, -0.15) is 10.1 Å². The summed E-state index contributed by atoms with van der Waals surface area (Å²) in [6, 6.07) is 0. The first kappa shape index (κ1) is 6.80. The summed E-state index contributed by atoms with van der Waals surface area (Å²) < 4.78 is 0. The van der Waals surface area contributed by atoms with Crippen LogP contribution in [0.25, 0.3) is 0 Å². The van der Waals surface area contributed by atoms with Crippen LogP contribution < -0.4 is 0 Å². The second-order valence-electron chi connectivity index (χ2n) is 1.50. The first-order valence-corrected chi connectivity index (χ1v) is 2.86. The monoisotopic (exact) mass is 153 g/mol. The summed E-state index contributed by atoms with van der Waals surface area (Å²) in [6.45, 7) is 0. The average molecular weight is 153 g/mol. The fourth-order valence-corrected chi connectivity index (χ4v) is 0.557. The van der Waals surface area contributed by atoms with Gasteiger partial charge in [0, 0.05) is 6.20 Å². The Morgan fingerprint density at radius 3 is 3.20 bits per heavy atom. The van der Waals surface area contributed by atoms with Crippen LogP contribution in [0.1, 0.15) is 10.4 Å². The zero-order chi connectivity index (χ0) is 7.40. The minimum absolute atomic E-state index is 0.386. The van der Waals surface area contributed by atoms with Crippen LogP contribution >= 0.6 is 12.2 Å². The molecule has 0 bridgehead atoms. The number of H-pyrrole nitrogens is 1. The minimum Gasteiger partial charge on any atom is -0.285 e. The molecule has 0 unspecified atom stereocenters. The number of carbonyl (C=O) groups excluding carboxylic acids is 1. The lowest BCUT2D eigenvalue weighted by molar-refractivity contribution is 0.100. The topological polar surface area (TPSA) is 58.1 Å². The molecule has 0 aliphatic heterocycles. The number of carbonyl (C=O) groups is 1. The predicted molar refractivity (Wildman–Crippen MR) is 37.9 cm³/mol. The number of hydrogen-bond donors (Lipinski definition) is 1. The number of rotatable bonds is 1. The Hall–Kier alpha value is -1.32. The molecule has 0 aromatic carbocycles. The van der Waals surface area contributed by atoms with Gasteiger partial charge in [0.25, 0.3) is 5.91 Å². The summed E-state index contributed by atoms with van der Waals surface area (Å²) >= 11 is 4.23. The third kappa shape index (κ3) is 1.34. The Morgan fingerprint density at radius 2 is 2.70 bits per heavy atom. The van der Waals surface area contributed by atoms with E-state index < -0.39 is 5.91 Å². The second kappa shape index (κ2) is 3.00. The van der Waals surface area contributed by atoms with Gasteiger partial charge in [0.2, 0.25) is 0 Å². The molecule has 0 saturated carbocycles. The number of aromatic amines is 1. The van der Waals surface area contributed by atoms with E-state index >= 15 is 0 Å². The number of aliphatic imine (C=N–C) groups is 1. The lowest BCUT2D eigenvalue weighted by Gasteiger charge is -1.79. The van der Waals surface area contributed by atoms with Crippen LogP contribution in [0.15, 0.2) is 17.4 Å². The number of thiocarbonyl (C=S) groups is 1. The molecule has 0 radical (unpaired) electrons. The van der Waals surface area contributed by atoms with Crippen molar-refractivity contribution in [3.05, 3.63) is 18.0 Å². The van der Waals surface area contributed by atoms with Crippen LogP contribution in [0.2, 0.25) is 0 Å². The average Bonchev–Trinajstić information content (AvgIpc) is 2.38. The fourth-order valence-electron chi connectivity index (χ4n) is 0.474. The SMILES string of the molecule is O=C(N=C=S)c1cn[nH]c1. The summed E-state index contributed by atoms with van der Waals surface area (Å²) in [5.74, 6) is -0.427. The molecule has 0 atom stereocenters. The maximum atomic E-state index is 10.7. The highest BCUT2D eigenvalue weighted by Crippen LogP contribution is 1.94. The number of nitrogens with zero attached hydrogens (tertiary/aromatic N) is 2. The molecule has 5 heteroatoms. The number of isothiocyanates is 1. The number of aromatic nitrogens is 2. The molecule has 0 saturated heterocycles. The molecular weight excluding hydrogens is 150 g/mol. The van der Waals surface area contributed by atoms with Gasteiger partial charge in [-0.05, 0) is 12.2 Å². The van der Waals surface area contributed by atoms with Crippen molar-refractivity contribution >= 4 is 23.3 Å². The van der Waals surface area contributed by atoms with Gasteiger partial charge >= 0.3 is 0 Å². The first-order valence-electron chi connectivity index (χ1n) is 2.45. The Morgan fingerprint density at radius 1 is 1.90 bits per heavy atom. The Balaban J connectivity index is 2.87. The molecule has 1 aromatic heterocycles. The van der Waals surface area contributed by atoms with E-state index in [1.165, 1.54) is 12.4 Å². The summed E-state index contributed by atoms with van der Waals surface area (Å²) in [5.41, 5.74) is 0.386. The fraction of sp³-hybridized carbons (Fsp3) is 0. The maximum Gasteiger partial charge on any atom is 0.289 e. The van der Waals surface area contributed by atoms with Crippen molar-refractivity contribution in [1.82, 2.24) is 10.2 Å². The van der Waals surface area contributed by atoms with E-state index in [-0.39, 0.29) is 0 Å². The predicted octanol–water partition coefficient (Wildman–Crippen LogP) is 0.653. The summed E-state index contributed by atoms with van der Waals surface area (Å²) in [6.07, 6.45) is 2.82. The molecule has 0 aliphatic rings. The Labute approximate surface area is 62.0 Å². The lowest BCUT2D eigenvalue weighted by Crippen LogP contribution is -1.89. The lowest BCUT2D eigenvalue weighted by atomic mass is 10.3. The molecule has 0 spiro atoms. The van der Waals surface area contributed by atoms with Crippen molar-refractivity contribution in [2.24, 2.45) is 4.99 Å². The third-order valence-electron chi connectivity index (χ3n) is 0.892. The molecule has 0 aliphatic carbocycles. The van der Waals surface area contributed by atoms with Gasteiger partial charge < -0.3 is 0 Å². The molecule has 50 valence electrons. The molecule has 1 aromatic rings. The van der Waals surface area contributed by atoms with E-state index in [1.807, 2.05) is 5.16 Å². The largest absolute Gasteiger partial charge is 0.289 e. The van der Waals surface area contributed by atoms with Crippen LogP contribution in [0, 0.1) is 0 Å². The summed E-state index contributed by atoms with van der Waals surface area (Å²) in [7, 11) is 0. The molecule has 1 N–H and O–H groups in total. The van der Waals surface area contributed by atoms with E-state index in [0.717, 1.165) is 0 Å². The van der Waals surface area contributed by atoms with Crippen LogP contribution in [0.3, 0.4) is 0 Å². The van der Waals surface area contributed by atoms with E-state index in [4.69, 9.17) is 0 Å². The highest BCUT2D eigenvalue weighted by molar-refractivity contribution is 7.78. The zero-order valence-electron chi connectivity index (χ0n) is 4.87. The first-order chi connectivity index (χ1) is 4.84. The van der Waals surface area contributed by atoms with E-state index in [1.54, 1.807) is 0 Å². The Kier molecular flexibility index (Phi) is 2.04. The van der Waals surface area contributed by atoms with Gasteiger partial charge in [0.1, 0.15) is 0 Å². The molecule has 4 nitrogen and oxygen atoms in total. The van der Waals surface area contributed by atoms with Crippen molar-refractivity contribution in [2.45, 2.75) is 0 Å². The van der Waals surface area contributed by atoms with Crippen LogP contribution in [0.5, 0.6) is 0 Å². The van der Waals surface area contributed by atoms with Gasteiger partial charge in [-0.1, -0.05) is 0 Å². The normalized spacial score (nSPS) is 8.40. The van der Waals surface area contributed by atoms with Gasteiger partial charge in [-0.25, -0.2) is 0 Å². The standard InChI is InChI=1S/C5H3N3OS/c9-5(6-3-10)4-1-7-8-2-4/h1-2H,(H,7,8). The second-order valence-corrected chi connectivity index (χ2v) is 1.68. The van der Waals surface area contributed by atoms with Crippen molar-refractivity contribution in [3.63, 3.8) is 0 Å².